The smallest absolute Gasteiger partial charge is 0.394 e. The molecule has 0 aliphatic carbocycles. The van der Waals surface area contributed by atoms with Gasteiger partial charge in [0.25, 0.3) is 0 Å². The minimum atomic E-state index is -0.281. The first-order valence-electron chi connectivity index (χ1n) is 5.63. The van der Waals surface area contributed by atoms with Crippen molar-refractivity contribution in [3.8, 4) is 0 Å². The Balaban J connectivity index is 1.91. The summed E-state index contributed by atoms with van der Waals surface area (Å²) in [5, 5.41) is 1.40. The Morgan fingerprint density at radius 2 is 2.20 bits per heavy atom. The first-order chi connectivity index (χ1) is 7.03. The highest BCUT2D eigenvalue weighted by molar-refractivity contribution is 5.97. The van der Waals surface area contributed by atoms with E-state index < -0.39 is 0 Å². The lowest BCUT2D eigenvalue weighted by atomic mass is 9.70. The van der Waals surface area contributed by atoms with Crippen molar-refractivity contribution in [2.24, 2.45) is 5.92 Å². The fourth-order valence-electron chi connectivity index (χ4n) is 3.46. The standard InChI is InChI=1S/C10H16BN2O2/c1-12-9(14)6-10(15-12)7-13(11)4-2-8(10)3-5-13/h8H,2-7H2,1H3/q+1. The highest BCUT2D eigenvalue weighted by atomic mass is 16.7. The number of fused-ring (bicyclic) bond motifs is 2. The van der Waals surface area contributed by atoms with Crippen molar-refractivity contribution >= 4 is 13.9 Å². The molecule has 1 amide bonds. The largest absolute Gasteiger partial charge is 0.481 e. The maximum atomic E-state index is 11.6. The first-order valence-corrected chi connectivity index (χ1v) is 5.63. The van der Waals surface area contributed by atoms with Crippen LogP contribution >= 0.6 is 0 Å². The predicted octanol–water partition coefficient (Wildman–Crippen LogP) is -0.157. The van der Waals surface area contributed by atoms with Crippen LogP contribution in [-0.4, -0.2) is 55.6 Å². The van der Waals surface area contributed by atoms with Crippen LogP contribution in [0, 0.1) is 5.92 Å². The number of carbonyl (C=O) groups excluding carboxylic acids is 1. The molecule has 0 aromatic carbocycles. The number of nitrogens with zero attached hydrogens (tertiary/aromatic N) is 2. The Morgan fingerprint density at radius 3 is 2.67 bits per heavy atom. The van der Waals surface area contributed by atoms with Crippen molar-refractivity contribution in [3.63, 3.8) is 0 Å². The zero-order valence-electron chi connectivity index (χ0n) is 9.11. The summed E-state index contributed by atoms with van der Waals surface area (Å²) < 4.78 is 0.595. The van der Waals surface area contributed by atoms with E-state index >= 15 is 0 Å². The van der Waals surface area contributed by atoms with E-state index in [2.05, 4.69) is 0 Å². The molecule has 4 aliphatic heterocycles. The van der Waals surface area contributed by atoms with Crippen LogP contribution in [0.15, 0.2) is 0 Å². The predicted molar refractivity (Wildman–Crippen MR) is 54.5 cm³/mol. The molecule has 4 saturated heterocycles. The number of carbonyl (C=O) groups is 1. The molecule has 4 nitrogen and oxygen atoms in total. The van der Waals surface area contributed by atoms with Gasteiger partial charge in [-0.05, 0) is 0 Å². The van der Waals surface area contributed by atoms with Crippen molar-refractivity contribution in [2.45, 2.75) is 24.9 Å². The van der Waals surface area contributed by atoms with Crippen molar-refractivity contribution in [1.82, 2.24) is 5.06 Å². The van der Waals surface area contributed by atoms with E-state index in [1.165, 1.54) is 5.06 Å². The molecule has 15 heavy (non-hydrogen) atoms. The third kappa shape index (κ3) is 1.26. The molecule has 5 heteroatoms. The van der Waals surface area contributed by atoms with E-state index in [0.29, 0.717) is 16.7 Å². The lowest BCUT2D eigenvalue weighted by Gasteiger charge is -2.55. The summed E-state index contributed by atoms with van der Waals surface area (Å²) >= 11 is 0. The highest BCUT2D eigenvalue weighted by Crippen LogP contribution is 2.46. The van der Waals surface area contributed by atoms with Gasteiger partial charge < -0.3 is 4.39 Å². The van der Waals surface area contributed by atoms with Gasteiger partial charge in [-0.1, -0.05) is 0 Å². The number of quaternary nitrogens is 1. The molecular weight excluding hydrogens is 191 g/mol. The van der Waals surface area contributed by atoms with Crippen molar-refractivity contribution in [1.29, 1.82) is 0 Å². The van der Waals surface area contributed by atoms with Gasteiger partial charge in [-0.3, -0.25) is 9.63 Å². The average molecular weight is 207 g/mol. The molecule has 1 unspecified atom stereocenters. The SMILES string of the molecule is [B][N+]12CCC(CC1)C1(CC(=O)N(C)O1)C2. The van der Waals surface area contributed by atoms with Gasteiger partial charge in [-0.25, -0.2) is 5.06 Å². The fraction of sp³-hybridized carbons (Fsp3) is 0.900. The molecule has 4 rings (SSSR count). The summed E-state index contributed by atoms with van der Waals surface area (Å²) in [5.74, 6) is 0.616. The topological polar surface area (TPSA) is 29.5 Å². The summed E-state index contributed by atoms with van der Waals surface area (Å²) in [7, 11) is 7.97. The third-order valence-electron chi connectivity index (χ3n) is 4.29. The van der Waals surface area contributed by atoms with Gasteiger partial charge in [0.05, 0.1) is 26.1 Å². The minimum Gasteiger partial charge on any atom is -0.394 e. The minimum absolute atomic E-state index is 0.0929. The molecule has 2 bridgehead atoms. The molecule has 1 spiro atoms. The van der Waals surface area contributed by atoms with Crippen LogP contribution in [0.2, 0.25) is 0 Å². The van der Waals surface area contributed by atoms with E-state index in [1.807, 2.05) is 0 Å². The Hall–Kier alpha value is -0.545. The molecule has 0 aromatic rings. The van der Waals surface area contributed by atoms with E-state index in [-0.39, 0.29) is 11.5 Å². The summed E-state index contributed by atoms with van der Waals surface area (Å²) in [4.78, 5) is 17.4. The second-order valence-electron chi connectivity index (χ2n) is 5.32. The second-order valence-corrected chi connectivity index (χ2v) is 5.32. The molecule has 0 saturated carbocycles. The van der Waals surface area contributed by atoms with E-state index in [1.54, 1.807) is 7.05 Å². The number of hydrogen-bond acceptors (Lipinski definition) is 2. The molecule has 80 valence electrons. The summed E-state index contributed by atoms with van der Waals surface area (Å²) in [6, 6.07) is 0. The van der Waals surface area contributed by atoms with Gasteiger partial charge in [0.1, 0.15) is 0 Å². The van der Waals surface area contributed by atoms with Gasteiger partial charge in [0.2, 0.25) is 5.91 Å². The summed E-state index contributed by atoms with van der Waals surface area (Å²) in [6.45, 7) is 2.87. The maximum absolute atomic E-state index is 11.6. The molecule has 4 fully saturated rings. The van der Waals surface area contributed by atoms with Gasteiger partial charge in [-0.15, -0.1) is 0 Å². The molecular formula is C10H16BN2O2+. The quantitative estimate of drug-likeness (QED) is 0.516. The van der Waals surface area contributed by atoms with Crippen molar-refractivity contribution < 1.29 is 14.0 Å². The Labute approximate surface area is 91.1 Å². The average Bonchev–Trinajstić information content (AvgIpc) is 2.41. The molecule has 0 aromatic heterocycles. The lowest BCUT2D eigenvalue weighted by molar-refractivity contribution is -0.847. The normalized spacial score (nSPS) is 49.3. The molecule has 4 aliphatic rings. The van der Waals surface area contributed by atoms with E-state index in [0.717, 1.165) is 32.5 Å². The second kappa shape index (κ2) is 2.77. The zero-order chi connectivity index (χ0) is 10.7. The van der Waals surface area contributed by atoms with Gasteiger partial charge in [0, 0.05) is 25.8 Å². The van der Waals surface area contributed by atoms with E-state index in [4.69, 9.17) is 12.8 Å². The summed E-state index contributed by atoms with van der Waals surface area (Å²) in [6.07, 6.45) is 2.71. The Morgan fingerprint density at radius 1 is 1.53 bits per heavy atom. The zero-order valence-corrected chi connectivity index (χ0v) is 9.11. The number of hydrogen-bond donors (Lipinski definition) is 0. The highest BCUT2D eigenvalue weighted by Gasteiger charge is 2.59. The summed E-state index contributed by atoms with van der Waals surface area (Å²) in [5.41, 5.74) is -0.281. The van der Waals surface area contributed by atoms with Crippen molar-refractivity contribution in [2.75, 3.05) is 26.7 Å². The van der Waals surface area contributed by atoms with Crippen LogP contribution in [0.4, 0.5) is 0 Å². The third-order valence-corrected chi connectivity index (χ3v) is 4.29. The van der Waals surface area contributed by atoms with E-state index in [9.17, 15) is 4.79 Å². The van der Waals surface area contributed by atoms with Gasteiger partial charge >= 0.3 is 7.98 Å². The molecule has 2 radical (unpaired) electrons. The maximum Gasteiger partial charge on any atom is 0.481 e. The fourth-order valence-corrected chi connectivity index (χ4v) is 3.46. The van der Waals surface area contributed by atoms with Crippen LogP contribution in [0.3, 0.4) is 0 Å². The van der Waals surface area contributed by atoms with Crippen LogP contribution < -0.4 is 0 Å². The van der Waals surface area contributed by atoms with Crippen LogP contribution in [-0.2, 0) is 9.63 Å². The number of rotatable bonds is 0. The van der Waals surface area contributed by atoms with Crippen molar-refractivity contribution in [3.05, 3.63) is 0 Å². The van der Waals surface area contributed by atoms with Gasteiger partial charge in [-0.2, -0.15) is 0 Å². The Bertz CT molecular complexity index is 315. The number of piperidine rings is 3. The number of hydroxylamine groups is 2. The monoisotopic (exact) mass is 207 g/mol. The lowest BCUT2D eigenvalue weighted by Crippen LogP contribution is -2.68. The van der Waals surface area contributed by atoms with Crippen LogP contribution in [0.25, 0.3) is 0 Å². The molecule has 1 atom stereocenters. The number of amides is 1. The Kier molecular flexibility index (Phi) is 1.78. The van der Waals surface area contributed by atoms with Gasteiger partial charge in [0.15, 0.2) is 5.60 Å². The van der Waals surface area contributed by atoms with Crippen LogP contribution in [0.1, 0.15) is 19.3 Å². The molecule has 4 heterocycles. The van der Waals surface area contributed by atoms with Crippen LogP contribution in [0.5, 0.6) is 0 Å². The first kappa shape index (κ1) is 9.66. The molecule has 0 N–H and O–H groups in total.